The van der Waals surface area contributed by atoms with Gasteiger partial charge in [-0.15, -0.1) is 0 Å². The fourth-order valence-electron chi connectivity index (χ4n) is 2.95. The van der Waals surface area contributed by atoms with Crippen molar-refractivity contribution in [1.29, 1.82) is 0 Å². The molecule has 0 aliphatic carbocycles. The van der Waals surface area contributed by atoms with E-state index in [1.54, 1.807) is 24.3 Å². The minimum atomic E-state index is -3.55. The number of anilines is 1. The molecule has 1 N–H and O–H groups in total. The number of thioether (sulfide) groups is 2. The molecule has 2 aromatic rings. The van der Waals surface area contributed by atoms with Crippen molar-refractivity contribution in [3.8, 4) is 0 Å². The topological polar surface area (TPSA) is 79.4 Å². The number of halogens is 2. The lowest BCUT2D eigenvalue weighted by Gasteiger charge is -2.25. The lowest BCUT2D eigenvalue weighted by atomic mass is 10.2. The molecule has 30 heavy (non-hydrogen) atoms. The van der Waals surface area contributed by atoms with Gasteiger partial charge in [0.25, 0.3) is 5.76 Å². The van der Waals surface area contributed by atoms with E-state index in [1.165, 1.54) is 22.6 Å². The molecule has 162 valence electrons. The first kappa shape index (κ1) is 23.0. The Bertz CT molecular complexity index is 966. The van der Waals surface area contributed by atoms with Crippen molar-refractivity contribution in [2.24, 2.45) is 0 Å². The van der Waals surface area contributed by atoms with Gasteiger partial charge in [0.15, 0.2) is 0 Å². The van der Waals surface area contributed by atoms with Crippen LogP contribution in [-0.2, 0) is 14.8 Å². The second kappa shape index (κ2) is 10.6. The average Bonchev–Trinajstić information content (AvgIpc) is 2.74. The Morgan fingerprint density at radius 3 is 2.53 bits per heavy atom. The van der Waals surface area contributed by atoms with E-state index >= 15 is 0 Å². The maximum Gasteiger partial charge on any atom is 0.288 e. The standard InChI is InChI=1S/C19H21F2N3O3S3/c20-19(21)29-16-7-3-2-6-15(16)23-17(25)13-28-18-9-8-14(12-22-18)30(26,27)24-10-4-1-5-11-24/h2-3,6-9,12,19H,1,4-5,10-11,13H2,(H,23,25). The maximum atomic E-state index is 12.6. The fourth-order valence-corrected chi connectivity index (χ4v) is 5.65. The summed E-state index contributed by atoms with van der Waals surface area (Å²) in [6, 6.07) is 9.41. The molecule has 1 aliphatic rings. The minimum Gasteiger partial charge on any atom is -0.324 e. The Morgan fingerprint density at radius 1 is 1.13 bits per heavy atom. The molecule has 11 heteroatoms. The summed E-state index contributed by atoms with van der Waals surface area (Å²) < 4.78 is 52.0. The number of pyridine rings is 1. The molecule has 0 unspecified atom stereocenters. The molecule has 1 saturated heterocycles. The molecule has 1 fully saturated rings. The SMILES string of the molecule is O=C(CSc1ccc(S(=O)(=O)N2CCCCC2)cn1)Nc1ccccc1SC(F)F. The summed E-state index contributed by atoms with van der Waals surface area (Å²) >= 11 is 1.50. The number of alkyl halides is 2. The van der Waals surface area contributed by atoms with Gasteiger partial charge in [-0.05, 0) is 37.1 Å². The molecular formula is C19H21F2N3O3S3. The summed E-state index contributed by atoms with van der Waals surface area (Å²) in [6.07, 6.45) is 4.05. The van der Waals surface area contributed by atoms with Gasteiger partial charge >= 0.3 is 0 Å². The molecule has 6 nitrogen and oxygen atoms in total. The van der Waals surface area contributed by atoms with Crippen LogP contribution in [0.4, 0.5) is 14.5 Å². The third kappa shape index (κ3) is 6.16. The van der Waals surface area contributed by atoms with Gasteiger partial charge in [-0.2, -0.15) is 13.1 Å². The highest BCUT2D eigenvalue weighted by Crippen LogP contribution is 2.31. The van der Waals surface area contributed by atoms with Gasteiger partial charge in [0, 0.05) is 24.2 Å². The summed E-state index contributed by atoms with van der Waals surface area (Å²) in [4.78, 5) is 16.8. The van der Waals surface area contributed by atoms with Crippen molar-refractivity contribution in [2.75, 3.05) is 24.2 Å². The molecule has 1 aromatic carbocycles. The van der Waals surface area contributed by atoms with E-state index in [9.17, 15) is 22.0 Å². The number of benzene rings is 1. The second-order valence-electron chi connectivity index (χ2n) is 6.51. The summed E-state index contributed by atoms with van der Waals surface area (Å²) in [7, 11) is -3.55. The third-order valence-electron chi connectivity index (χ3n) is 4.39. The van der Waals surface area contributed by atoms with Crippen LogP contribution in [0.5, 0.6) is 0 Å². The van der Waals surface area contributed by atoms with Crippen LogP contribution >= 0.6 is 23.5 Å². The summed E-state index contributed by atoms with van der Waals surface area (Å²) in [5, 5.41) is 3.12. The molecule has 0 saturated carbocycles. The number of carbonyl (C=O) groups excluding carboxylic acids is 1. The number of aromatic nitrogens is 1. The number of hydrogen-bond acceptors (Lipinski definition) is 6. The number of para-hydroxylation sites is 1. The first-order valence-corrected chi connectivity index (χ1v) is 12.6. The Balaban J connectivity index is 1.57. The van der Waals surface area contributed by atoms with Crippen molar-refractivity contribution in [3.63, 3.8) is 0 Å². The van der Waals surface area contributed by atoms with Gasteiger partial charge < -0.3 is 5.32 Å². The lowest BCUT2D eigenvalue weighted by molar-refractivity contribution is -0.113. The number of nitrogens with one attached hydrogen (secondary N) is 1. The van der Waals surface area contributed by atoms with Crippen LogP contribution in [0.1, 0.15) is 19.3 Å². The van der Waals surface area contributed by atoms with Gasteiger partial charge in [-0.1, -0.05) is 42.1 Å². The summed E-state index contributed by atoms with van der Waals surface area (Å²) in [5.74, 6) is -2.94. The highest BCUT2D eigenvalue weighted by atomic mass is 32.2. The molecule has 2 heterocycles. The first-order valence-electron chi connectivity index (χ1n) is 9.29. The van der Waals surface area contributed by atoms with Crippen molar-refractivity contribution >= 4 is 45.1 Å². The Labute approximate surface area is 182 Å². The highest BCUT2D eigenvalue weighted by molar-refractivity contribution is 8.00. The van der Waals surface area contributed by atoms with Gasteiger partial charge in [0.2, 0.25) is 15.9 Å². The second-order valence-corrected chi connectivity index (χ2v) is 10.5. The van der Waals surface area contributed by atoms with E-state index in [-0.39, 0.29) is 21.5 Å². The number of sulfonamides is 1. The van der Waals surface area contributed by atoms with E-state index < -0.39 is 15.8 Å². The van der Waals surface area contributed by atoms with Crippen LogP contribution in [0.2, 0.25) is 0 Å². The normalized spacial score (nSPS) is 15.3. The zero-order chi connectivity index (χ0) is 21.6. The van der Waals surface area contributed by atoms with E-state index in [0.717, 1.165) is 31.0 Å². The molecule has 3 rings (SSSR count). The summed E-state index contributed by atoms with van der Waals surface area (Å²) in [6.45, 7) is 1.04. The quantitative estimate of drug-likeness (QED) is 0.576. The van der Waals surface area contributed by atoms with Gasteiger partial charge in [0.1, 0.15) is 4.90 Å². The lowest BCUT2D eigenvalue weighted by Crippen LogP contribution is -2.35. The Kier molecular flexibility index (Phi) is 8.09. The van der Waals surface area contributed by atoms with Crippen LogP contribution in [0.3, 0.4) is 0 Å². The molecule has 1 aromatic heterocycles. The van der Waals surface area contributed by atoms with Gasteiger partial charge in [-0.25, -0.2) is 13.4 Å². The van der Waals surface area contributed by atoms with Crippen LogP contribution in [0.25, 0.3) is 0 Å². The van der Waals surface area contributed by atoms with Gasteiger partial charge in [0.05, 0.1) is 16.5 Å². The fraction of sp³-hybridized carbons (Fsp3) is 0.368. The molecule has 0 spiro atoms. The Morgan fingerprint density at radius 2 is 1.87 bits per heavy atom. The largest absolute Gasteiger partial charge is 0.324 e. The minimum absolute atomic E-state index is 0.0128. The average molecular weight is 474 g/mol. The van der Waals surface area contributed by atoms with Crippen molar-refractivity contribution in [2.45, 2.75) is 39.8 Å². The van der Waals surface area contributed by atoms with Crippen molar-refractivity contribution in [1.82, 2.24) is 9.29 Å². The number of nitrogens with zero attached hydrogens (tertiary/aromatic N) is 2. The van der Waals surface area contributed by atoms with Gasteiger partial charge in [-0.3, -0.25) is 4.79 Å². The third-order valence-corrected chi connectivity index (χ3v) is 8.00. The van der Waals surface area contributed by atoms with Crippen LogP contribution in [-0.4, -0.2) is 48.2 Å². The first-order chi connectivity index (χ1) is 14.4. The molecule has 0 radical (unpaired) electrons. The van der Waals surface area contributed by atoms with E-state index in [4.69, 9.17) is 0 Å². The zero-order valence-corrected chi connectivity index (χ0v) is 18.4. The number of carbonyl (C=O) groups is 1. The monoisotopic (exact) mass is 473 g/mol. The van der Waals surface area contributed by atoms with E-state index in [0.29, 0.717) is 35.6 Å². The van der Waals surface area contributed by atoms with Crippen LogP contribution in [0, 0.1) is 0 Å². The molecule has 0 bridgehead atoms. The number of piperidine rings is 1. The smallest absolute Gasteiger partial charge is 0.288 e. The predicted octanol–water partition coefficient (Wildman–Crippen LogP) is 4.30. The molecule has 1 amide bonds. The van der Waals surface area contributed by atoms with Crippen molar-refractivity contribution in [3.05, 3.63) is 42.6 Å². The van der Waals surface area contributed by atoms with Crippen LogP contribution < -0.4 is 5.32 Å². The van der Waals surface area contributed by atoms with E-state index in [1.807, 2.05) is 0 Å². The highest BCUT2D eigenvalue weighted by Gasteiger charge is 2.26. The number of rotatable bonds is 8. The van der Waals surface area contributed by atoms with E-state index in [2.05, 4.69) is 10.3 Å². The van der Waals surface area contributed by atoms with Crippen LogP contribution in [0.15, 0.2) is 57.4 Å². The van der Waals surface area contributed by atoms with Crippen molar-refractivity contribution < 1.29 is 22.0 Å². The predicted molar refractivity (Wildman–Crippen MR) is 115 cm³/mol. The zero-order valence-electron chi connectivity index (χ0n) is 16.0. The number of hydrogen-bond donors (Lipinski definition) is 1. The number of amides is 1. The Hall–Kier alpha value is -1.69. The molecule has 1 aliphatic heterocycles. The molecular weight excluding hydrogens is 452 g/mol. The maximum absolute atomic E-state index is 12.6. The summed E-state index contributed by atoms with van der Waals surface area (Å²) in [5.41, 5.74) is 0.323. The molecule has 0 atom stereocenters.